The van der Waals surface area contributed by atoms with Gasteiger partial charge in [0.2, 0.25) is 5.95 Å². The third kappa shape index (κ3) is 1.74. The fraction of sp³-hybridized carbons (Fsp3) is 0.500. The van der Waals surface area contributed by atoms with Gasteiger partial charge in [-0.25, -0.2) is 9.36 Å². The zero-order valence-electron chi connectivity index (χ0n) is 10.1. The van der Waals surface area contributed by atoms with Crippen molar-refractivity contribution in [3.8, 4) is 0 Å². The lowest BCUT2D eigenvalue weighted by Crippen LogP contribution is -2.22. The van der Waals surface area contributed by atoms with Crippen molar-refractivity contribution >= 4 is 17.1 Å². The second kappa shape index (κ2) is 3.93. The number of hydrogen-bond donors (Lipinski definition) is 4. The highest BCUT2D eigenvalue weighted by atomic mass is 16.5. The SMILES string of the molecule is C[C@H]1O[C@@H](n2c(=O)[nH]c3c(=O)[nH]c(N)nc32)C[C@@H]1O. The maximum atomic E-state index is 11.9. The molecule has 0 amide bonds. The molecule has 3 rings (SSSR count). The molecule has 9 heteroatoms. The number of aromatic nitrogens is 4. The molecule has 102 valence electrons. The first-order valence-electron chi connectivity index (χ1n) is 5.81. The molecule has 1 saturated heterocycles. The first-order chi connectivity index (χ1) is 8.97. The van der Waals surface area contributed by atoms with Crippen molar-refractivity contribution in [3.05, 3.63) is 20.8 Å². The molecule has 19 heavy (non-hydrogen) atoms. The zero-order valence-corrected chi connectivity index (χ0v) is 10.1. The molecular weight excluding hydrogens is 254 g/mol. The smallest absolute Gasteiger partial charge is 0.329 e. The van der Waals surface area contributed by atoms with Crippen molar-refractivity contribution < 1.29 is 9.84 Å². The summed E-state index contributed by atoms with van der Waals surface area (Å²) in [6.07, 6.45) is -1.47. The number of nitrogen functional groups attached to an aromatic ring is 1. The summed E-state index contributed by atoms with van der Waals surface area (Å²) in [7, 11) is 0. The van der Waals surface area contributed by atoms with Crippen LogP contribution in [0.5, 0.6) is 0 Å². The van der Waals surface area contributed by atoms with Crippen LogP contribution in [0.25, 0.3) is 11.2 Å². The summed E-state index contributed by atoms with van der Waals surface area (Å²) in [4.78, 5) is 32.2. The molecule has 2 aromatic heterocycles. The maximum absolute atomic E-state index is 11.9. The van der Waals surface area contributed by atoms with E-state index in [-0.39, 0.29) is 29.6 Å². The average Bonchev–Trinajstić information content (AvgIpc) is 2.80. The fourth-order valence-corrected chi connectivity index (χ4v) is 2.25. The molecule has 0 aliphatic carbocycles. The lowest BCUT2D eigenvalue weighted by atomic mass is 10.2. The van der Waals surface area contributed by atoms with E-state index >= 15 is 0 Å². The van der Waals surface area contributed by atoms with Gasteiger partial charge in [-0.3, -0.25) is 14.8 Å². The average molecular weight is 267 g/mol. The third-order valence-corrected chi connectivity index (χ3v) is 3.24. The molecule has 0 radical (unpaired) electrons. The lowest BCUT2D eigenvalue weighted by molar-refractivity contribution is -0.00764. The Kier molecular flexibility index (Phi) is 2.47. The molecule has 0 spiro atoms. The Labute approximate surface area is 106 Å². The van der Waals surface area contributed by atoms with Gasteiger partial charge in [0.25, 0.3) is 5.56 Å². The van der Waals surface area contributed by atoms with E-state index in [0.29, 0.717) is 0 Å². The number of ether oxygens (including phenoxy) is 1. The molecular formula is C10H13N5O4. The Morgan fingerprint density at radius 1 is 1.47 bits per heavy atom. The van der Waals surface area contributed by atoms with Gasteiger partial charge in [0.15, 0.2) is 11.2 Å². The van der Waals surface area contributed by atoms with Gasteiger partial charge in [-0.15, -0.1) is 0 Å². The number of aliphatic hydroxyl groups excluding tert-OH is 1. The second-order valence-corrected chi connectivity index (χ2v) is 4.55. The van der Waals surface area contributed by atoms with Crippen LogP contribution in [-0.4, -0.2) is 36.8 Å². The van der Waals surface area contributed by atoms with Crippen LogP contribution in [0, 0.1) is 0 Å². The van der Waals surface area contributed by atoms with Crippen LogP contribution >= 0.6 is 0 Å². The maximum Gasteiger partial charge on any atom is 0.329 e. The van der Waals surface area contributed by atoms with Crippen LogP contribution in [0.4, 0.5) is 5.95 Å². The van der Waals surface area contributed by atoms with Crippen molar-refractivity contribution in [2.75, 3.05) is 5.73 Å². The Morgan fingerprint density at radius 2 is 2.21 bits per heavy atom. The second-order valence-electron chi connectivity index (χ2n) is 4.55. The van der Waals surface area contributed by atoms with E-state index in [1.807, 2.05) is 0 Å². The van der Waals surface area contributed by atoms with E-state index in [1.54, 1.807) is 6.92 Å². The first-order valence-corrected chi connectivity index (χ1v) is 5.81. The molecule has 1 aliphatic rings. The molecule has 3 heterocycles. The Bertz CT molecular complexity index is 734. The number of aliphatic hydroxyl groups is 1. The van der Waals surface area contributed by atoms with Crippen molar-refractivity contribution in [1.82, 2.24) is 19.5 Å². The first kappa shape index (κ1) is 11.9. The topological polar surface area (TPSA) is 139 Å². The summed E-state index contributed by atoms with van der Waals surface area (Å²) in [5, 5.41) is 9.68. The molecule has 9 nitrogen and oxygen atoms in total. The van der Waals surface area contributed by atoms with Crippen molar-refractivity contribution in [3.63, 3.8) is 0 Å². The number of nitrogens with two attached hydrogens (primary N) is 1. The molecule has 5 N–H and O–H groups in total. The quantitative estimate of drug-likeness (QED) is 0.504. The van der Waals surface area contributed by atoms with E-state index in [9.17, 15) is 14.7 Å². The van der Waals surface area contributed by atoms with E-state index in [2.05, 4.69) is 15.0 Å². The lowest BCUT2D eigenvalue weighted by Gasteiger charge is -2.11. The van der Waals surface area contributed by atoms with Crippen LogP contribution in [-0.2, 0) is 4.74 Å². The summed E-state index contributed by atoms with van der Waals surface area (Å²) < 4.78 is 6.69. The normalized spacial score (nSPS) is 27.2. The van der Waals surface area contributed by atoms with Gasteiger partial charge in [-0.2, -0.15) is 4.98 Å². The largest absolute Gasteiger partial charge is 0.390 e. The number of imidazole rings is 1. The van der Waals surface area contributed by atoms with Gasteiger partial charge in [0.05, 0.1) is 12.2 Å². The number of fused-ring (bicyclic) bond motifs is 1. The summed E-state index contributed by atoms with van der Waals surface area (Å²) >= 11 is 0. The van der Waals surface area contributed by atoms with Crippen LogP contribution in [0.2, 0.25) is 0 Å². The molecule has 1 fully saturated rings. The highest BCUT2D eigenvalue weighted by Gasteiger charge is 2.34. The van der Waals surface area contributed by atoms with Crippen LogP contribution in [0.3, 0.4) is 0 Å². The molecule has 0 aromatic carbocycles. The molecule has 0 unspecified atom stereocenters. The zero-order chi connectivity index (χ0) is 13.7. The summed E-state index contributed by atoms with van der Waals surface area (Å²) in [6, 6.07) is 0. The Hall–Kier alpha value is -2.13. The number of hydrogen-bond acceptors (Lipinski definition) is 6. The molecule has 0 saturated carbocycles. The van der Waals surface area contributed by atoms with Gasteiger partial charge in [-0.05, 0) is 6.92 Å². The summed E-state index contributed by atoms with van der Waals surface area (Å²) in [6.45, 7) is 1.71. The van der Waals surface area contributed by atoms with Gasteiger partial charge >= 0.3 is 5.69 Å². The van der Waals surface area contributed by atoms with E-state index in [1.165, 1.54) is 4.57 Å². The predicted molar refractivity (Wildman–Crippen MR) is 65.6 cm³/mol. The number of H-pyrrole nitrogens is 2. The van der Waals surface area contributed by atoms with E-state index in [0.717, 1.165) is 0 Å². The van der Waals surface area contributed by atoms with Crippen molar-refractivity contribution in [2.24, 2.45) is 0 Å². The van der Waals surface area contributed by atoms with Gasteiger partial charge in [-0.1, -0.05) is 0 Å². The highest BCUT2D eigenvalue weighted by Crippen LogP contribution is 2.28. The number of nitrogens with one attached hydrogen (secondary N) is 2. The summed E-state index contributed by atoms with van der Waals surface area (Å²) in [5.41, 5.74) is 4.59. The number of nitrogens with zero attached hydrogens (tertiary/aromatic N) is 2. The molecule has 0 bridgehead atoms. The van der Waals surface area contributed by atoms with Crippen molar-refractivity contribution in [1.29, 1.82) is 0 Å². The van der Waals surface area contributed by atoms with Crippen LogP contribution < -0.4 is 17.0 Å². The highest BCUT2D eigenvalue weighted by molar-refractivity contribution is 5.70. The van der Waals surface area contributed by atoms with Crippen LogP contribution in [0.1, 0.15) is 19.6 Å². The number of rotatable bonds is 1. The van der Waals surface area contributed by atoms with E-state index in [4.69, 9.17) is 10.5 Å². The minimum absolute atomic E-state index is 0.0387. The Morgan fingerprint density at radius 3 is 2.84 bits per heavy atom. The fourth-order valence-electron chi connectivity index (χ4n) is 2.25. The Balaban J connectivity index is 2.22. The monoisotopic (exact) mass is 267 g/mol. The van der Waals surface area contributed by atoms with Crippen LogP contribution in [0.15, 0.2) is 9.59 Å². The van der Waals surface area contributed by atoms with E-state index < -0.39 is 23.6 Å². The third-order valence-electron chi connectivity index (χ3n) is 3.24. The van der Waals surface area contributed by atoms with Crippen molar-refractivity contribution in [2.45, 2.75) is 31.8 Å². The molecule has 1 aliphatic heterocycles. The standard InChI is InChI=1S/C10H13N5O4/c1-3-4(16)2-5(19-3)15-7-6(12-10(15)18)8(17)14-9(11)13-7/h3-5,16H,2H2,1H3,(H,12,18)(H3,11,13,14,17)/t3-,4+,5-/m1/s1. The minimum Gasteiger partial charge on any atom is -0.390 e. The van der Waals surface area contributed by atoms with Gasteiger partial charge in [0.1, 0.15) is 6.23 Å². The number of aromatic amines is 2. The van der Waals surface area contributed by atoms with Gasteiger partial charge < -0.3 is 15.6 Å². The number of anilines is 1. The predicted octanol–water partition coefficient (Wildman–Crippen LogP) is -1.34. The molecule has 3 atom stereocenters. The molecule has 2 aromatic rings. The van der Waals surface area contributed by atoms with Gasteiger partial charge in [0, 0.05) is 6.42 Å². The minimum atomic E-state index is -0.667. The summed E-state index contributed by atoms with van der Waals surface area (Å²) in [5.74, 6) is -0.0863.